The normalized spacial score (nSPS) is 9.82. The Morgan fingerprint density at radius 3 is 2.65 bits per heavy atom. The molecule has 0 saturated heterocycles. The lowest BCUT2D eigenvalue weighted by molar-refractivity contribution is -0.387. The number of nitro groups is 1. The van der Waals surface area contributed by atoms with E-state index in [0.29, 0.717) is 12.1 Å². The van der Waals surface area contributed by atoms with Crippen molar-refractivity contribution < 1.29 is 23.2 Å². The van der Waals surface area contributed by atoms with Crippen molar-refractivity contribution in [3.63, 3.8) is 0 Å². The first-order valence-corrected chi connectivity index (χ1v) is 4.21. The number of nitro benzene ring substituents is 1. The second kappa shape index (κ2) is 5.16. The summed E-state index contributed by atoms with van der Waals surface area (Å²) in [5.74, 6) is 0.942. The molecule has 0 aromatic heterocycles. The van der Waals surface area contributed by atoms with Crippen LogP contribution in [0.4, 0.5) is 14.5 Å². The van der Waals surface area contributed by atoms with Gasteiger partial charge in [0.15, 0.2) is 18.2 Å². The Morgan fingerprint density at radius 1 is 1.47 bits per heavy atom. The minimum atomic E-state index is -1.26. The van der Waals surface area contributed by atoms with Gasteiger partial charge in [0.2, 0.25) is 5.82 Å². The van der Waals surface area contributed by atoms with Crippen molar-refractivity contribution in [3.05, 3.63) is 33.9 Å². The highest BCUT2D eigenvalue weighted by Crippen LogP contribution is 2.26. The lowest BCUT2D eigenvalue weighted by atomic mass is 10.3. The topological polar surface area (TPSA) is 107 Å². The molecule has 0 bridgehead atoms. The van der Waals surface area contributed by atoms with Crippen LogP contribution >= 0.6 is 0 Å². The monoisotopic (exact) mass is 247 g/mol. The number of amides is 1. The summed E-state index contributed by atoms with van der Waals surface area (Å²) in [6, 6.07) is 0.849. The van der Waals surface area contributed by atoms with Crippen molar-refractivity contribution >= 4 is 11.6 Å². The van der Waals surface area contributed by atoms with Gasteiger partial charge in [0.1, 0.15) is 0 Å². The van der Waals surface area contributed by atoms with Gasteiger partial charge in [0.25, 0.3) is 5.91 Å². The summed E-state index contributed by atoms with van der Waals surface area (Å²) in [6.45, 7) is -0.634. The van der Waals surface area contributed by atoms with Crippen LogP contribution < -0.4 is 16.0 Å². The van der Waals surface area contributed by atoms with E-state index in [2.05, 4.69) is 4.74 Å². The molecule has 0 fully saturated rings. The summed E-state index contributed by atoms with van der Waals surface area (Å²) in [6.07, 6.45) is 0. The van der Waals surface area contributed by atoms with Crippen molar-refractivity contribution in [2.45, 2.75) is 0 Å². The van der Waals surface area contributed by atoms with Crippen molar-refractivity contribution in [2.24, 2.45) is 5.84 Å². The van der Waals surface area contributed by atoms with Gasteiger partial charge < -0.3 is 4.74 Å². The fraction of sp³-hybridized carbons (Fsp3) is 0.125. The van der Waals surface area contributed by atoms with Crippen LogP contribution in [-0.2, 0) is 4.79 Å². The quantitative estimate of drug-likeness (QED) is 0.343. The number of hydrogen-bond donors (Lipinski definition) is 2. The zero-order valence-electron chi connectivity index (χ0n) is 8.28. The SMILES string of the molecule is NNC(=O)COc1cc(F)c([N+](=O)[O-])cc1F. The lowest BCUT2D eigenvalue weighted by Gasteiger charge is -2.06. The third kappa shape index (κ3) is 3.08. The lowest BCUT2D eigenvalue weighted by Crippen LogP contribution is -2.34. The molecule has 0 atom stereocenters. The molecule has 0 aliphatic heterocycles. The molecule has 17 heavy (non-hydrogen) atoms. The second-order valence-corrected chi connectivity index (χ2v) is 2.85. The molecule has 3 N–H and O–H groups in total. The smallest absolute Gasteiger partial charge is 0.307 e. The van der Waals surface area contributed by atoms with Crippen molar-refractivity contribution in [1.29, 1.82) is 0 Å². The predicted octanol–water partition coefficient (Wildman–Crippen LogP) is 0.242. The van der Waals surface area contributed by atoms with E-state index in [-0.39, 0.29) is 0 Å². The zero-order valence-corrected chi connectivity index (χ0v) is 8.28. The van der Waals surface area contributed by atoms with Gasteiger partial charge in [-0.3, -0.25) is 20.3 Å². The minimum Gasteiger partial charge on any atom is -0.481 e. The van der Waals surface area contributed by atoms with Crippen molar-refractivity contribution in [2.75, 3.05) is 6.61 Å². The average Bonchev–Trinajstić information content (AvgIpc) is 2.28. The Bertz CT molecular complexity index is 466. The molecular formula is C8H7F2N3O4. The second-order valence-electron chi connectivity index (χ2n) is 2.85. The van der Waals surface area contributed by atoms with E-state index in [9.17, 15) is 23.7 Å². The van der Waals surface area contributed by atoms with E-state index in [0.717, 1.165) is 0 Å². The molecule has 1 rings (SSSR count). The minimum absolute atomic E-state index is 0.366. The highest BCUT2D eigenvalue weighted by molar-refractivity contribution is 5.76. The van der Waals surface area contributed by atoms with Gasteiger partial charge in [-0.05, 0) is 0 Å². The zero-order chi connectivity index (χ0) is 13.0. The first-order valence-electron chi connectivity index (χ1n) is 4.21. The number of hydrogen-bond acceptors (Lipinski definition) is 5. The molecule has 0 unspecified atom stereocenters. The molecule has 92 valence electrons. The van der Waals surface area contributed by atoms with E-state index in [4.69, 9.17) is 5.84 Å². The molecule has 1 aromatic rings. The van der Waals surface area contributed by atoms with Crippen LogP contribution in [0, 0.1) is 21.7 Å². The first-order chi connectivity index (χ1) is 7.95. The Balaban J connectivity index is 2.92. The van der Waals surface area contributed by atoms with E-state index in [1.807, 2.05) is 0 Å². The van der Waals surface area contributed by atoms with E-state index < -0.39 is 40.5 Å². The van der Waals surface area contributed by atoms with Crippen LogP contribution in [0.15, 0.2) is 12.1 Å². The van der Waals surface area contributed by atoms with Crippen LogP contribution in [0.1, 0.15) is 0 Å². The Morgan fingerprint density at radius 2 is 2.12 bits per heavy atom. The molecule has 7 nitrogen and oxygen atoms in total. The van der Waals surface area contributed by atoms with Gasteiger partial charge in [-0.15, -0.1) is 0 Å². The fourth-order valence-corrected chi connectivity index (χ4v) is 0.954. The molecule has 0 spiro atoms. The number of rotatable bonds is 4. The number of carbonyl (C=O) groups is 1. The van der Waals surface area contributed by atoms with Crippen LogP contribution in [0.3, 0.4) is 0 Å². The van der Waals surface area contributed by atoms with Crippen molar-refractivity contribution in [1.82, 2.24) is 5.43 Å². The number of halogens is 2. The molecule has 0 heterocycles. The molecule has 1 amide bonds. The summed E-state index contributed by atoms with van der Waals surface area (Å²) in [4.78, 5) is 19.9. The number of nitrogens with one attached hydrogen (secondary N) is 1. The molecule has 0 saturated carbocycles. The van der Waals surface area contributed by atoms with E-state index in [1.165, 1.54) is 0 Å². The van der Waals surface area contributed by atoms with Gasteiger partial charge in [-0.2, -0.15) is 4.39 Å². The fourth-order valence-electron chi connectivity index (χ4n) is 0.954. The van der Waals surface area contributed by atoms with Crippen LogP contribution in [-0.4, -0.2) is 17.4 Å². The van der Waals surface area contributed by atoms with Gasteiger partial charge in [-0.1, -0.05) is 0 Å². The van der Waals surface area contributed by atoms with E-state index in [1.54, 1.807) is 5.43 Å². The average molecular weight is 247 g/mol. The van der Waals surface area contributed by atoms with Crippen LogP contribution in [0.2, 0.25) is 0 Å². The highest BCUT2D eigenvalue weighted by Gasteiger charge is 2.19. The summed E-state index contributed by atoms with van der Waals surface area (Å²) in [7, 11) is 0. The molecule has 0 aliphatic carbocycles. The largest absolute Gasteiger partial charge is 0.481 e. The first kappa shape index (κ1) is 12.8. The van der Waals surface area contributed by atoms with Gasteiger partial charge in [0, 0.05) is 6.07 Å². The number of nitrogens with two attached hydrogens (primary N) is 1. The maximum absolute atomic E-state index is 13.2. The molecule has 0 aliphatic rings. The number of benzene rings is 1. The summed E-state index contributed by atoms with van der Waals surface area (Å²) in [5.41, 5.74) is 0.695. The van der Waals surface area contributed by atoms with Gasteiger partial charge in [0.05, 0.1) is 11.0 Å². The summed E-state index contributed by atoms with van der Waals surface area (Å²) in [5, 5.41) is 10.3. The van der Waals surface area contributed by atoms with Crippen LogP contribution in [0.25, 0.3) is 0 Å². The third-order valence-electron chi connectivity index (χ3n) is 1.72. The Hall–Kier alpha value is -2.29. The van der Waals surface area contributed by atoms with Crippen LogP contribution in [0.5, 0.6) is 5.75 Å². The number of carbonyl (C=O) groups excluding carboxylic acids is 1. The van der Waals surface area contributed by atoms with Crippen molar-refractivity contribution in [3.8, 4) is 5.75 Å². The van der Waals surface area contributed by atoms with E-state index >= 15 is 0 Å². The number of ether oxygens (including phenoxy) is 1. The van der Waals surface area contributed by atoms with Gasteiger partial charge >= 0.3 is 5.69 Å². The predicted molar refractivity (Wildman–Crippen MR) is 50.8 cm³/mol. The standard InChI is InChI=1S/C8H7F2N3O4/c9-4-2-7(17-3-8(14)12-11)5(10)1-6(4)13(15)16/h1-2H,3,11H2,(H,12,14). The molecular weight excluding hydrogens is 240 g/mol. The highest BCUT2D eigenvalue weighted by atomic mass is 19.1. The number of nitrogens with zero attached hydrogens (tertiary/aromatic N) is 1. The Labute approximate surface area is 93.3 Å². The Kier molecular flexibility index (Phi) is 3.88. The maximum atomic E-state index is 13.2. The maximum Gasteiger partial charge on any atom is 0.307 e. The molecule has 0 radical (unpaired) electrons. The molecule has 1 aromatic carbocycles. The van der Waals surface area contributed by atoms with Gasteiger partial charge in [-0.25, -0.2) is 10.2 Å². The molecule has 9 heteroatoms. The number of hydrazine groups is 1. The summed E-state index contributed by atoms with van der Waals surface area (Å²) < 4.78 is 30.8. The summed E-state index contributed by atoms with van der Waals surface area (Å²) >= 11 is 0. The third-order valence-corrected chi connectivity index (χ3v) is 1.72.